The molecule has 1 N–H and O–H groups in total. The highest BCUT2D eigenvalue weighted by Gasteiger charge is 2.30. The third-order valence-corrected chi connectivity index (χ3v) is 5.05. The van der Waals surface area contributed by atoms with Crippen molar-refractivity contribution in [1.29, 1.82) is 0 Å². The van der Waals surface area contributed by atoms with E-state index < -0.39 is 0 Å². The lowest BCUT2D eigenvalue weighted by atomic mass is 9.93. The lowest BCUT2D eigenvalue weighted by molar-refractivity contribution is 0.122. The van der Waals surface area contributed by atoms with Gasteiger partial charge in [0.15, 0.2) is 5.96 Å². The summed E-state index contributed by atoms with van der Waals surface area (Å²) in [6.45, 7) is 14.1. The van der Waals surface area contributed by atoms with E-state index in [1.54, 1.807) is 0 Å². The smallest absolute Gasteiger partial charge is 0.194 e. The van der Waals surface area contributed by atoms with E-state index in [4.69, 9.17) is 9.73 Å². The third-order valence-electron chi connectivity index (χ3n) is 5.05. The van der Waals surface area contributed by atoms with Gasteiger partial charge < -0.3 is 19.9 Å². The van der Waals surface area contributed by atoms with Crippen molar-refractivity contribution in [2.24, 2.45) is 10.4 Å². The molecule has 0 spiro atoms. The molecule has 5 nitrogen and oxygen atoms in total. The highest BCUT2D eigenvalue weighted by atomic mass is 127. The summed E-state index contributed by atoms with van der Waals surface area (Å²) in [6, 6.07) is 8.64. The van der Waals surface area contributed by atoms with Crippen LogP contribution < -0.4 is 10.2 Å². The molecule has 6 heteroatoms. The summed E-state index contributed by atoms with van der Waals surface area (Å²) < 4.78 is 5.49. The molecule has 1 aromatic rings. The van der Waals surface area contributed by atoms with Crippen molar-refractivity contribution < 1.29 is 4.74 Å². The van der Waals surface area contributed by atoms with Crippen LogP contribution in [0.4, 0.5) is 5.69 Å². The highest BCUT2D eigenvalue weighted by Crippen LogP contribution is 2.29. The first-order valence-electron chi connectivity index (χ1n) is 9.53. The second kappa shape index (κ2) is 9.78. The van der Waals surface area contributed by atoms with Crippen molar-refractivity contribution in [2.45, 2.75) is 33.7 Å². The quantitative estimate of drug-likeness (QED) is 0.415. The molecule has 2 saturated heterocycles. The van der Waals surface area contributed by atoms with Crippen molar-refractivity contribution in [1.82, 2.24) is 10.2 Å². The molecule has 0 atom stereocenters. The number of hydrogen-bond donors (Lipinski definition) is 1. The molecule has 0 unspecified atom stereocenters. The molecule has 26 heavy (non-hydrogen) atoms. The topological polar surface area (TPSA) is 40.1 Å². The Labute approximate surface area is 175 Å². The van der Waals surface area contributed by atoms with Crippen molar-refractivity contribution in [3.8, 4) is 0 Å². The first-order chi connectivity index (χ1) is 12.1. The number of para-hydroxylation sites is 1. The first kappa shape index (κ1) is 21.3. The number of rotatable bonds is 4. The Bertz CT molecular complexity index is 599. The van der Waals surface area contributed by atoms with Gasteiger partial charge in [-0.25, -0.2) is 4.99 Å². The lowest BCUT2D eigenvalue weighted by Crippen LogP contribution is -2.40. The van der Waals surface area contributed by atoms with Crippen LogP contribution in [0.5, 0.6) is 0 Å². The molecule has 2 fully saturated rings. The molecule has 2 aliphatic rings. The maximum atomic E-state index is 5.49. The lowest BCUT2D eigenvalue weighted by Gasteiger charge is -2.30. The van der Waals surface area contributed by atoms with Gasteiger partial charge in [0.05, 0.1) is 19.8 Å². The van der Waals surface area contributed by atoms with Gasteiger partial charge in [-0.15, -0.1) is 24.0 Å². The van der Waals surface area contributed by atoms with E-state index in [0.29, 0.717) is 12.0 Å². The second-order valence-corrected chi connectivity index (χ2v) is 7.73. The summed E-state index contributed by atoms with van der Waals surface area (Å²) in [6.07, 6.45) is 1.22. The van der Waals surface area contributed by atoms with Gasteiger partial charge in [0.2, 0.25) is 0 Å². The summed E-state index contributed by atoms with van der Waals surface area (Å²) in [5.41, 5.74) is 2.97. The van der Waals surface area contributed by atoms with Crippen LogP contribution in [0.2, 0.25) is 0 Å². The Morgan fingerprint density at radius 3 is 2.58 bits per heavy atom. The predicted molar refractivity (Wildman–Crippen MR) is 120 cm³/mol. The van der Waals surface area contributed by atoms with E-state index in [0.717, 1.165) is 51.9 Å². The Morgan fingerprint density at radius 2 is 1.92 bits per heavy atom. The fourth-order valence-corrected chi connectivity index (χ4v) is 3.64. The molecular weight excluding hydrogens is 439 g/mol. The van der Waals surface area contributed by atoms with Crippen molar-refractivity contribution in [3.63, 3.8) is 0 Å². The summed E-state index contributed by atoms with van der Waals surface area (Å²) in [7, 11) is 0. The van der Waals surface area contributed by atoms with Crippen LogP contribution in [0.3, 0.4) is 0 Å². The Hall–Kier alpha value is -1.02. The van der Waals surface area contributed by atoms with Crippen LogP contribution in [0.1, 0.15) is 32.8 Å². The molecule has 0 bridgehead atoms. The van der Waals surface area contributed by atoms with E-state index in [1.807, 2.05) is 0 Å². The summed E-state index contributed by atoms with van der Waals surface area (Å²) >= 11 is 0. The minimum atomic E-state index is 0. The van der Waals surface area contributed by atoms with Crippen LogP contribution in [0.25, 0.3) is 0 Å². The van der Waals surface area contributed by atoms with Crippen molar-refractivity contribution >= 4 is 35.6 Å². The van der Waals surface area contributed by atoms with Gasteiger partial charge in [-0.1, -0.05) is 32.0 Å². The number of morpholine rings is 1. The standard InChI is InChI=1S/C20H32N4O.HI/c1-4-21-19(24-10-9-20(2,3)16-24)22-15-17-7-5-6-8-18(17)23-11-13-25-14-12-23;/h5-8H,4,9-16H2,1-3H3,(H,21,22);1H. The number of likely N-dealkylation sites (tertiary alicyclic amines) is 1. The van der Waals surface area contributed by atoms with Crippen molar-refractivity contribution in [2.75, 3.05) is 50.8 Å². The first-order valence-corrected chi connectivity index (χ1v) is 9.53. The van der Waals surface area contributed by atoms with Gasteiger partial charge in [0.1, 0.15) is 0 Å². The van der Waals surface area contributed by atoms with Gasteiger partial charge in [-0.05, 0) is 30.4 Å². The second-order valence-electron chi connectivity index (χ2n) is 7.73. The highest BCUT2D eigenvalue weighted by molar-refractivity contribution is 14.0. The SMILES string of the molecule is CCNC(=NCc1ccccc1N1CCOCC1)N1CCC(C)(C)C1.I. The molecule has 0 aliphatic carbocycles. The zero-order chi connectivity index (χ0) is 17.7. The minimum Gasteiger partial charge on any atom is -0.378 e. The Balaban J connectivity index is 0.00000243. The van der Waals surface area contributed by atoms with Gasteiger partial charge in [0.25, 0.3) is 0 Å². The number of aliphatic imine (C=N–C) groups is 1. The van der Waals surface area contributed by atoms with E-state index in [2.05, 4.69) is 60.2 Å². The number of hydrogen-bond acceptors (Lipinski definition) is 3. The molecule has 1 aromatic carbocycles. The fraction of sp³-hybridized carbons (Fsp3) is 0.650. The molecule has 146 valence electrons. The monoisotopic (exact) mass is 472 g/mol. The summed E-state index contributed by atoms with van der Waals surface area (Å²) in [5.74, 6) is 1.05. The van der Waals surface area contributed by atoms with E-state index in [1.165, 1.54) is 17.7 Å². The average molecular weight is 472 g/mol. The Morgan fingerprint density at radius 1 is 1.19 bits per heavy atom. The molecule has 0 amide bonds. The number of guanidine groups is 1. The number of anilines is 1. The largest absolute Gasteiger partial charge is 0.378 e. The molecular formula is C20H33IN4O. The third kappa shape index (κ3) is 5.49. The van der Waals surface area contributed by atoms with Crippen LogP contribution >= 0.6 is 24.0 Å². The molecule has 2 aliphatic heterocycles. The van der Waals surface area contributed by atoms with Crippen molar-refractivity contribution in [3.05, 3.63) is 29.8 Å². The van der Waals surface area contributed by atoms with Gasteiger partial charge >= 0.3 is 0 Å². The molecule has 0 saturated carbocycles. The van der Waals surface area contributed by atoms with Gasteiger partial charge in [-0.2, -0.15) is 0 Å². The molecule has 0 radical (unpaired) electrons. The average Bonchev–Trinajstić information content (AvgIpc) is 2.99. The number of halogens is 1. The van der Waals surface area contributed by atoms with E-state index >= 15 is 0 Å². The molecule has 3 rings (SSSR count). The van der Waals surface area contributed by atoms with Crippen LogP contribution in [-0.4, -0.2) is 56.8 Å². The number of benzene rings is 1. The Kier molecular flexibility index (Phi) is 8.01. The van der Waals surface area contributed by atoms with Gasteiger partial charge in [0, 0.05) is 38.4 Å². The summed E-state index contributed by atoms with van der Waals surface area (Å²) in [4.78, 5) is 9.78. The normalized spacial score (nSPS) is 20.0. The molecule has 2 heterocycles. The zero-order valence-electron chi connectivity index (χ0n) is 16.3. The predicted octanol–water partition coefficient (Wildman–Crippen LogP) is 3.34. The van der Waals surface area contributed by atoms with Crippen LogP contribution in [-0.2, 0) is 11.3 Å². The fourth-order valence-electron chi connectivity index (χ4n) is 3.64. The molecule has 0 aromatic heterocycles. The zero-order valence-corrected chi connectivity index (χ0v) is 18.7. The number of ether oxygens (including phenoxy) is 1. The van der Waals surface area contributed by atoms with Crippen LogP contribution in [0.15, 0.2) is 29.3 Å². The number of nitrogens with one attached hydrogen (secondary N) is 1. The van der Waals surface area contributed by atoms with Gasteiger partial charge in [-0.3, -0.25) is 0 Å². The van der Waals surface area contributed by atoms with E-state index in [-0.39, 0.29) is 24.0 Å². The maximum absolute atomic E-state index is 5.49. The van der Waals surface area contributed by atoms with E-state index in [9.17, 15) is 0 Å². The van der Waals surface area contributed by atoms with Crippen LogP contribution in [0, 0.1) is 5.41 Å². The maximum Gasteiger partial charge on any atom is 0.194 e. The minimum absolute atomic E-state index is 0. The number of nitrogens with zero attached hydrogens (tertiary/aromatic N) is 3. The summed E-state index contributed by atoms with van der Waals surface area (Å²) in [5, 5.41) is 3.47.